The van der Waals surface area contributed by atoms with Crippen LogP contribution in [0.5, 0.6) is 0 Å². The minimum Gasteiger partial charge on any atom is -0.304 e. The van der Waals surface area contributed by atoms with Gasteiger partial charge in [-0.3, -0.25) is 0 Å². The molecule has 0 aliphatic heterocycles. The van der Waals surface area contributed by atoms with E-state index < -0.39 is 0 Å². The van der Waals surface area contributed by atoms with Crippen molar-refractivity contribution in [3.63, 3.8) is 0 Å². The highest BCUT2D eigenvalue weighted by atomic mass is 32.1. The molecule has 2 aromatic rings. The van der Waals surface area contributed by atoms with Crippen molar-refractivity contribution < 1.29 is 0 Å². The average molecular weight is 300 g/mol. The van der Waals surface area contributed by atoms with Gasteiger partial charge in [0.05, 0.1) is 11.7 Å². The summed E-state index contributed by atoms with van der Waals surface area (Å²) in [4.78, 5) is 6.47. The quantitative estimate of drug-likeness (QED) is 0.888. The Balaban J connectivity index is 2.00. The Morgan fingerprint density at radius 3 is 2.67 bits per heavy atom. The van der Waals surface area contributed by atoms with Gasteiger partial charge in [-0.2, -0.15) is 0 Å². The van der Waals surface area contributed by atoms with Crippen LogP contribution in [-0.2, 0) is 12.8 Å². The van der Waals surface area contributed by atoms with Crippen molar-refractivity contribution in [2.45, 2.75) is 52.5 Å². The number of rotatable bonds is 5. The third-order valence-electron chi connectivity index (χ3n) is 4.29. The fraction of sp³-hybridized carbons (Fsp3) is 0.500. The Bertz CT molecular complexity index is 588. The zero-order valence-electron chi connectivity index (χ0n) is 13.2. The van der Waals surface area contributed by atoms with E-state index in [0.29, 0.717) is 0 Å². The van der Waals surface area contributed by atoms with Crippen LogP contribution in [0.3, 0.4) is 0 Å². The maximum Gasteiger partial charge on any atom is 0.115 e. The largest absolute Gasteiger partial charge is 0.304 e. The lowest BCUT2D eigenvalue weighted by Crippen LogP contribution is -2.24. The van der Waals surface area contributed by atoms with E-state index in [4.69, 9.17) is 4.98 Å². The van der Waals surface area contributed by atoms with Gasteiger partial charge in [0.25, 0.3) is 0 Å². The summed E-state index contributed by atoms with van der Waals surface area (Å²) in [6, 6.07) is 6.82. The lowest BCUT2D eigenvalue weighted by Gasteiger charge is -2.21. The standard InChI is InChI=1S/C18H24N2S/c1-4-11-19-17(16-12(2)7-5-8-13(16)3)18-20-14-9-6-10-15(14)21-18/h5,7-8,17,19H,4,6,9-11H2,1-3H3. The molecular weight excluding hydrogens is 276 g/mol. The molecule has 0 amide bonds. The number of nitrogens with one attached hydrogen (secondary N) is 1. The Kier molecular flexibility index (Phi) is 4.41. The highest BCUT2D eigenvalue weighted by Gasteiger charge is 2.24. The van der Waals surface area contributed by atoms with E-state index in [2.05, 4.69) is 44.3 Å². The summed E-state index contributed by atoms with van der Waals surface area (Å²) in [6.07, 6.45) is 4.82. The first kappa shape index (κ1) is 14.7. The first-order valence-electron chi connectivity index (χ1n) is 7.98. The van der Waals surface area contributed by atoms with Crippen LogP contribution in [0.1, 0.15) is 58.1 Å². The molecule has 3 rings (SSSR count). The highest BCUT2D eigenvalue weighted by molar-refractivity contribution is 7.11. The number of fused-ring (bicyclic) bond motifs is 1. The Labute approximate surface area is 131 Å². The van der Waals surface area contributed by atoms with Gasteiger partial charge >= 0.3 is 0 Å². The SMILES string of the molecule is CCCNC(c1nc2c(s1)CCC2)c1c(C)cccc1C. The number of hydrogen-bond acceptors (Lipinski definition) is 3. The van der Waals surface area contributed by atoms with E-state index >= 15 is 0 Å². The summed E-state index contributed by atoms with van der Waals surface area (Å²) < 4.78 is 0. The van der Waals surface area contributed by atoms with Crippen molar-refractivity contribution in [2.24, 2.45) is 0 Å². The summed E-state index contributed by atoms with van der Waals surface area (Å²) in [5.74, 6) is 0. The maximum absolute atomic E-state index is 4.96. The molecule has 1 aliphatic carbocycles. The average Bonchev–Trinajstić information content (AvgIpc) is 3.03. The van der Waals surface area contributed by atoms with Crippen LogP contribution in [0.15, 0.2) is 18.2 Å². The Hall–Kier alpha value is -1.19. The van der Waals surface area contributed by atoms with Crippen molar-refractivity contribution in [3.05, 3.63) is 50.5 Å². The van der Waals surface area contributed by atoms with Crippen LogP contribution in [-0.4, -0.2) is 11.5 Å². The zero-order chi connectivity index (χ0) is 14.8. The van der Waals surface area contributed by atoms with Crippen LogP contribution in [0.25, 0.3) is 0 Å². The van der Waals surface area contributed by atoms with Crippen LogP contribution in [0.2, 0.25) is 0 Å². The smallest absolute Gasteiger partial charge is 0.115 e. The molecule has 21 heavy (non-hydrogen) atoms. The van der Waals surface area contributed by atoms with Gasteiger partial charge < -0.3 is 5.32 Å². The molecule has 1 unspecified atom stereocenters. The molecule has 1 heterocycles. The number of nitrogens with zero attached hydrogens (tertiary/aromatic N) is 1. The first-order chi connectivity index (χ1) is 10.2. The van der Waals surface area contributed by atoms with Gasteiger partial charge in [0.15, 0.2) is 0 Å². The van der Waals surface area contributed by atoms with Gasteiger partial charge in [-0.05, 0) is 62.8 Å². The van der Waals surface area contributed by atoms with Crippen molar-refractivity contribution >= 4 is 11.3 Å². The van der Waals surface area contributed by atoms with E-state index in [-0.39, 0.29) is 6.04 Å². The maximum atomic E-state index is 4.96. The molecule has 1 aromatic heterocycles. The van der Waals surface area contributed by atoms with Gasteiger partial charge in [-0.15, -0.1) is 11.3 Å². The summed E-state index contributed by atoms with van der Waals surface area (Å²) in [6.45, 7) is 7.67. The minimum atomic E-state index is 0.252. The Morgan fingerprint density at radius 1 is 1.24 bits per heavy atom. The Morgan fingerprint density at radius 2 is 2.00 bits per heavy atom. The summed E-state index contributed by atoms with van der Waals surface area (Å²) in [7, 11) is 0. The second-order valence-corrected chi connectivity index (χ2v) is 7.08. The molecule has 3 heteroatoms. The van der Waals surface area contributed by atoms with Gasteiger partial charge in [0.1, 0.15) is 5.01 Å². The molecule has 1 aromatic carbocycles. The summed E-state index contributed by atoms with van der Waals surface area (Å²) in [5, 5.41) is 4.98. The topological polar surface area (TPSA) is 24.9 Å². The lowest BCUT2D eigenvalue weighted by molar-refractivity contribution is 0.590. The molecule has 0 bridgehead atoms. The molecule has 2 nitrogen and oxygen atoms in total. The van der Waals surface area contributed by atoms with E-state index in [1.165, 1.54) is 51.5 Å². The van der Waals surface area contributed by atoms with E-state index in [1.54, 1.807) is 0 Å². The molecule has 0 saturated carbocycles. The molecular formula is C18H24N2S. The highest BCUT2D eigenvalue weighted by Crippen LogP contribution is 2.35. The van der Waals surface area contributed by atoms with Crippen LogP contribution >= 0.6 is 11.3 Å². The number of benzene rings is 1. The van der Waals surface area contributed by atoms with E-state index in [1.807, 2.05) is 11.3 Å². The predicted octanol–water partition coefficient (Wildman–Crippen LogP) is 4.34. The van der Waals surface area contributed by atoms with E-state index in [9.17, 15) is 0 Å². The van der Waals surface area contributed by atoms with Crippen LogP contribution in [0.4, 0.5) is 0 Å². The minimum absolute atomic E-state index is 0.252. The molecule has 1 aliphatic rings. The summed E-state index contributed by atoms with van der Waals surface area (Å²) >= 11 is 1.92. The van der Waals surface area contributed by atoms with Crippen LogP contribution in [0, 0.1) is 13.8 Å². The molecule has 112 valence electrons. The third kappa shape index (κ3) is 2.90. The molecule has 0 radical (unpaired) electrons. The van der Waals surface area contributed by atoms with Crippen LogP contribution < -0.4 is 5.32 Å². The second kappa shape index (κ2) is 6.29. The zero-order valence-corrected chi connectivity index (χ0v) is 14.0. The third-order valence-corrected chi connectivity index (χ3v) is 5.51. The van der Waals surface area contributed by atoms with E-state index in [0.717, 1.165) is 13.0 Å². The molecule has 0 fully saturated rings. The van der Waals surface area contributed by atoms with Crippen molar-refractivity contribution in [1.82, 2.24) is 10.3 Å². The van der Waals surface area contributed by atoms with Gasteiger partial charge in [-0.1, -0.05) is 25.1 Å². The van der Waals surface area contributed by atoms with Crippen molar-refractivity contribution in [2.75, 3.05) is 6.54 Å². The second-order valence-electron chi connectivity index (χ2n) is 5.97. The summed E-state index contributed by atoms with van der Waals surface area (Å²) in [5.41, 5.74) is 5.49. The fourth-order valence-corrected chi connectivity index (χ4v) is 4.46. The normalized spacial score (nSPS) is 15.2. The lowest BCUT2D eigenvalue weighted by atomic mass is 9.96. The number of aromatic nitrogens is 1. The number of thiazole rings is 1. The van der Waals surface area contributed by atoms with Gasteiger partial charge in [0.2, 0.25) is 0 Å². The predicted molar refractivity (Wildman–Crippen MR) is 90.2 cm³/mol. The molecule has 1 N–H and O–H groups in total. The molecule has 0 spiro atoms. The monoisotopic (exact) mass is 300 g/mol. The molecule has 0 saturated heterocycles. The van der Waals surface area contributed by atoms with Gasteiger partial charge in [0, 0.05) is 4.88 Å². The van der Waals surface area contributed by atoms with Crippen molar-refractivity contribution in [3.8, 4) is 0 Å². The molecule has 1 atom stereocenters. The first-order valence-corrected chi connectivity index (χ1v) is 8.80. The van der Waals surface area contributed by atoms with Crippen molar-refractivity contribution in [1.29, 1.82) is 0 Å². The fourth-order valence-electron chi connectivity index (χ4n) is 3.22. The van der Waals surface area contributed by atoms with Gasteiger partial charge in [-0.25, -0.2) is 4.98 Å². The number of hydrogen-bond donors (Lipinski definition) is 1. The number of aryl methyl sites for hydroxylation is 4.